The summed E-state index contributed by atoms with van der Waals surface area (Å²) in [6.45, 7) is 0.835. The normalized spacial score (nSPS) is 17.1. The van der Waals surface area contributed by atoms with Gasteiger partial charge in [0.25, 0.3) is 0 Å². The molecular weight excluding hydrogens is 322 g/mol. The molecule has 0 aliphatic carbocycles. The zero-order chi connectivity index (χ0) is 16.9. The molecule has 1 atom stereocenters. The van der Waals surface area contributed by atoms with E-state index in [0.29, 0.717) is 6.42 Å². The molecule has 0 radical (unpaired) electrons. The van der Waals surface area contributed by atoms with Crippen LogP contribution in [0.15, 0.2) is 48.5 Å². The molecule has 1 saturated heterocycles. The molecular formula is C20H22ClNO2. The van der Waals surface area contributed by atoms with E-state index < -0.39 is 0 Å². The van der Waals surface area contributed by atoms with Crippen molar-refractivity contribution in [3.63, 3.8) is 0 Å². The summed E-state index contributed by atoms with van der Waals surface area (Å²) in [7, 11) is 1.67. The standard InChI is InChI=1S/C20H22ClNO2/c1-24-18-5-2-4-16(14-18)19-6-3-13-22(19)20(23)12-9-15-7-10-17(21)11-8-15/h2,4-5,7-8,10-11,14,19H,3,6,9,12-13H2,1H3. The van der Waals surface area contributed by atoms with Gasteiger partial charge >= 0.3 is 0 Å². The molecule has 0 saturated carbocycles. The van der Waals surface area contributed by atoms with Gasteiger partial charge in [-0.05, 0) is 54.7 Å². The van der Waals surface area contributed by atoms with E-state index in [1.54, 1.807) is 7.11 Å². The third-order valence-electron chi connectivity index (χ3n) is 4.59. The number of benzene rings is 2. The Balaban J connectivity index is 1.65. The van der Waals surface area contributed by atoms with Crippen LogP contribution in [0.4, 0.5) is 0 Å². The fourth-order valence-corrected chi connectivity index (χ4v) is 3.43. The molecule has 1 aliphatic heterocycles. The van der Waals surface area contributed by atoms with E-state index >= 15 is 0 Å². The number of aryl methyl sites for hydroxylation is 1. The lowest BCUT2D eigenvalue weighted by Gasteiger charge is -2.25. The van der Waals surface area contributed by atoms with Gasteiger partial charge in [0, 0.05) is 18.0 Å². The van der Waals surface area contributed by atoms with E-state index in [4.69, 9.17) is 16.3 Å². The molecule has 3 rings (SSSR count). The first kappa shape index (κ1) is 16.8. The molecule has 3 nitrogen and oxygen atoms in total. The maximum Gasteiger partial charge on any atom is 0.223 e. The number of ether oxygens (including phenoxy) is 1. The van der Waals surface area contributed by atoms with Crippen LogP contribution in [-0.4, -0.2) is 24.5 Å². The van der Waals surface area contributed by atoms with Crippen molar-refractivity contribution in [2.45, 2.75) is 31.7 Å². The van der Waals surface area contributed by atoms with Crippen LogP contribution >= 0.6 is 11.6 Å². The van der Waals surface area contributed by atoms with Crippen molar-refractivity contribution < 1.29 is 9.53 Å². The number of carbonyl (C=O) groups excluding carboxylic acids is 1. The van der Waals surface area contributed by atoms with Gasteiger partial charge in [-0.3, -0.25) is 4.79 Å². The predicted octanol–water partition coefficient (Wildman–Crippen LogP) is 4.64. The molecule has 1 unspecified atom stereocenters. The Kier molecular flexibility index (Phi) is 5.41. The van der Waals surface area contributed by atoms with Gasteiger partial charge in [-0.1, -0.05) is 35.9 Å². The van der Waals surface area contributed by atoms with E-state index in [0.717, 1.165) is 47.7 Å². The number of likely N-dealkylation sites (tertiary alicyclic amines) is 1. The van der Waals surface area contributed by atoms with E-state index in [9.17, 15) is 4.79 Å². The van der Waals surface area contributed by atoms with Crippen molar-refractivity contribution in [1.82, 2.24) is 4.90 Å². The van der Waals surface area contributed by atoms with Gasteiger partial charge < -0.3 is 9.64 Å². The van der Waals surface area contributed by atoms with Crippen molar-refractivity contribution >= 4 is 17.5 Å². The van der Waals surface area contributed by atoms with Crippen molar-refractivity contribution in [3.8, 4) is 5.75 Å². The first-order valence-corrected chi connectivity index (χ1v) is 8.73. The predicted molar refractivity (Wildman–Crippen MR) is 96.5 cm³/mol. The number of hydrogen-bond donors (Lipinski definition) is 0. The Bertz CT molecular complexity index is 699. The van der Waals surface area contributed by atoms with Crippen molar-refractivity contribution in [3.05, 3.63) is 64.7 Å². The van der Waals surface area contributed by atoms with Crippen LogP contribution in [0.1, 0.15) is 36.4 Å². The highest BCUT2D eigenvalue weighted by Crippen LogP contribution is 2.34. The molecule has 1 aliphatic rings. The lowest BCUT2D eigenvalue weighted by Crippen LogP contribution is -2.30. The topological polar surface area (TPSA) is 29.5 Å². The zero-order valence-electron chi connectivity index (χ0n) is 13.9. The Labute approximate surface area is 148 Å². The van der Waals surface area contributed by atoms with Gasteiger partial charge in [0.05, 0.1) is 13.2 Å². The Hall–Kier alpha value is -2.00. The van der Waals surface area contributed by atoms with Gasteiger partial charge in [-0.15, -0.1) is 0 Å². The molecule has 2 aromatic rings. The summed E-state index contributed by atoms with van der Waals surface area (Å²) in [4.78, 5) is 14.7. The fraction of sp³-hybridized carbons (Fsp3) is 0.350. The summed E-state index contributed by atoms with van der Waals surface area (Å²) in [6.07, 6.45) is 3.34. The molecule has 126 valence electrons. The van der Waals surface area contributed by atoms with E-state index in [-0.39, 0.29) is 11.9 Å². The SMILES string of the molecule is COc1cccc(C2CCCN2C(=O)CCc2ccc(Cl)cc2)c1. The third-order valence-corrected chi connectivity index (χ3v) is 4.84. The first-order chi connectivity index (χ1) is 11.7. The largest absolute Gasteiger partial charge is 0.497 e. The second kappa shape index (κ2) is 7.71. The fourth-order valence-electron chi connectivity index (χ4n) is 3.31. The summed E-state index contributed by atoms with van der Waals surface area (Å²) < 4.78 is 5.31. The maximum absolute atomic E-state index is 12.7. The van der Waals surface area contributed by atoms with E-state index in [1.807, 2.05) is 47.4 Å². The number of hydrogen-bond acceptors (Lipinski definition) is 2. The van der Waals surface area contributed by atoms with Crippen molar-refractivity contribution in [2.24, 2.45) is 0 Å². The van der Waals surface area contributed by atoms with Crippen LogP contribution < -0.4 is 4.74 Å². The molecule has 0 bridgehead atoms. The number of methoxy groups -OCH3 is 1. The maximum atomic E-state index is 12.7. The second-order valence-electron chi connectivity index (χ2n) is 6.15. The Morgan fingerprint density at radius 2 is 2.04 bits per heavy atom. The summed E-state index contributed by atoms with van der Waals surface area (Å²) in [5.74, 6) is 1.06. The minimum Gasteiger partial charge on any atom is -0.497 e. The summed E-state index contributed by atoms with van der Waals surface area (Å²) in [6, 6.07) is 15.9. The van der Waals surface area contributed by atoms with Crippen LogP contribution in [0.25, 0.3) is 0 Å². The minimum absolute atomic E-state index is 0.165. The Morgan fingerprint density at radius 3 is 2.79 bits per heavy atom. The average molecular weight is 344 g/mol. The lowest BCUT2D eigenvalue weighted by molar-refractivity contribution is -0.132. The number of carbonyl (C=O) groups is 1. The Morgan fingerprint density at radius 1 is 1.25 bits per heavy atom. The molecule has 0 spiro atoms. The van der Waals surface area contributed by atoms with Crippen LogP contribution in [0, 0.1) is 0 Å². The summed E-state index contributed by atoms with van der Waals surface area (Å²) in [5.41, 5.74) is 2.30. The molecule has 24 heavy (non-hydrogen) atoms. The smallest absolute Gasteiger partial charge is 0.223 e. The highest BCUT2D eigenvalue weighted by atomic mass is 35.5. The molecule has 1 fully saturated rings. The number of nitrogens with zero attached hydrogens (tertiary/aromatic N) is 1. The molecule has 4 heteroatoms. The number of halogens is 1. The minimum atomic E-state index is 0.165. The monoisotopic (exact) mass is 343 g/mol. The quantitative estimate of drug-likeness (QED) is 0.791. The van der Waals surface area contributed by atoms with Gasteiger partial charge in [0.1, 0.15) is 5.75 Å². The van der Waals surface area contributed by atoms with Crippen LogP contribution in [0.5, 0.6) is 5.75 Å². The molecule has 0 aromatic heterocycles. The van der Waals surface area contributed by atoms with Crippen LogP contribution in [-0.2, 0) is 11.2 Å². The lowest BCUT2D eigenvalue weighted by atomic mass is 10.0. The second-order valence-corrected chi connectivity index (χ2v) is 6.58. The highest BCUT2D eigenvalue weighted by Gasteiger charge is 2.29. The van der Waals surface area contributed by atoms with Gasteiger partial charge in [0.15, 0.2) is 0 Å². The first-order valence-electron chi connectivity index (χ1n) is 8.35. The van der Waals surface area contributed by atoms with Crippen molar-refractivity contribution in [1.29, 1.82) is 0 Å². The summed E-state index contributed by atoms with van der Waals surface area (Å²) in [5, 5.41) is 0.725. The third kappa shape index (κ3) is 3.90. The van der Waals surface area contributed by atoms with Gasteiger partial charge in [-0.2, -0.15) is 0 Å². The summed E-state index contributed by atoms with van der Waals surface area (Å²) >= 11 is 5.90. The van der Waals surface area contributed by atoms with Gasteiger partial charge in [0.2, 0.25) is 5.91 Å². The van der Waals surface area contributed by atoms with E-state index in [1.165, 1.54) is 0 Å². The highest BCUT2D eigenvalue weighted by molar-refractivity contribution is 6.30. The number of amides is 1. The molecule has 2 aromatic carbocycles. The molecule has 0 N–H and O–H groups in total. The van der Waals surface area contributed by atoms with Crippen molar-refractivity contribution in [2.75, 3.05) is 13.7 Å². The average Bonchev–Trinajstić information content (AvgIpc) is 3.11. The molecule has 1 amide bonds. The molecule has 1 heterocycles. The van der Waals surface area contributed by atoms with E-state index in [2.05, 4.69) is 6.07 Å². The van der Waals surface area contributed by atoms with Gasteiger partial charge in [-0.25, -0.2) is 0 Å². The van der Waals surface area contributed by atoms with Crippen LogP contribution in [0.2, 0.25) is 5.02 Å². The zero-order valence-corrected chi connectivity index (χ0v) is 14.6. The number of rotatable bonds is 5. The van der Waals surface area contributed by atoms with Crippen LogP contribution in [0.3, 0.4) is 0 Å².